The van der Waals surface area contributed by atoms with Crippen LogP contribution in [0.4, 0.5) is 0 Å². The van der Waals surface area contributed by atoms with Crippen LogP contribution >= 0.6 is 0 Å². The third-order valence-corrected chi connectivity index (χ3v) is 5.82. The minimum Gasteiger partial charge on any atom is -0.405 e. The lowest BCUT2D eigenvalue weighted by Crippen LogP contribution is -2.46. The molecule has 0 aromatic rings. The third kappa shape index (κ3) is 1.87. The summed E-state index contributed by atoms with van der Waals surface area (Å²) in [6.07, 6.45) is 4.28. The van der Waals surface area contributed by atoms with Crippen LogP contribution < -0.4 is 0 Å². The summed E-state index contributed by atoms with van der Waals surface area (Å²) in [5, 5.41) is 0. The van der Waals surface area contributed by atoms with Crippen molar-refractivity contribution in [2.75, 3.05) is 0 Å². The van der Waals surface area contributed by atoms with E-state index in [1.807, 2.05) is 11.8 Å². The van der Waals surface area contributed by atoms with Gasteiger partial charge in [-0.05, 0) is 25.9 Å². The van der Waals surface area contributed by atoms with Gasteiger partial charge >= 0.3 is 0 Å². The van der Waals surface area contributed by atoms with Crippen molar-refractivity contribution in [1.29, 1.82) is 0 Å². The Bertz CT molecular complexity index is 182. The monoisotopic (exact) mass is 182 g/mol. The molecule has 0 aromatic carbocycles. The van der Waals surface area contributed by atoms with Gasteiger partial charge in [0.25, 0.3) is 0 Å². The Morgan fingerprint density at radius 1 is 1.50 bits per heavy atom. The zero-order valence-electron chi connectivity index (χ0n) is 8.10. The van der Waals surface area contributed by atoms with Crippen LogP contribution in [0.2, 0.25) is 12.6 Å². The first kappa shape index (κ1) is 9.74. The summed E-state index contributed by atoms with van der Waals surface area (Å²) in [6.45, 7) is 12.0. The van der Waals surface area contributed by atoms with E-state index in [0.29, 0.717) is 0 Å². The molecule has 1 aliphatic heterocycles. The van der Waals surface area contributed by atoms with Crippen LogP contribution in [0.15, 0.2) is 24.9 Å². The van der Waals surface area contributed by atoms with Crippen LogP contribution in [0.5, 0.6) is 0 Å². The Morgan fingerprint density at radius 2 is 2.17 bits per heavy atom. The number of hydrogen-bond donors (Lipinski definition) is 0. The summed E-state index contributed by atoms with van der Waals surface area (Å²) < 4.78 is 6.06. The molecule has 0 aliphatic carbocycles. The van der Waals surface area contributed by atoms with Crippen molar-refractivity contribution in [1.82, 2.24) is 0 Å². The molecular formula is C10H18OSi. The molecule has 1 heterocycles. The minimum atomic E-state index is -1.57. The highest BCUT2D eigenvalue weighted by molar-refractivity contribution is 6.77. The lowest BCUT2D eigenvalue weighted by Gasteiger charge is -2.40. The molecule has 12 heavy (non-hydrogen) atoms. The molecule has 0 saturated carbocycles. The average molecular weight is 182 g/mol. The first-order valence-electron chi connectivity index (χ1n) is 4.51. The Labute approximate surface area is 76.3 Å². The quantitative estimate of drug-likeness (QED) is 0.471. The summed E-state index contributed by atoms with van der Waals surface area (Å²) >= 11 is 0. The van der Waals surface area contributed by atoms with E-state index in [4.69, 9.17) is 4.43 Å². The van der Waals surface area contributed by atoms with Crippen molar-refractivity contribution >= 4 is 8.32 Å². The molecule has 2 heteroatoms. The Balaban J connectivity index is 2.75. The van der Waals surface area contributed by atoms with Gasteiger partial charge in [-0.25, -0.2) is 0 Å². The van der Waals surface area contributed by atoms with Crippen LogP contribution in [-0.4, -0.2) is 13.9 Å². The molecule has 0 aromatic heterocycles. The zero-order valence-corrected chi connectivity index (χ0v) is 9.10. The molecule has 0 amide bonds. The van der Waals surface area contributed by atoms with Crippen molar-refractivity contribution < 1.29 is 4.43 Å². The van der Waals surface area contributed by atoms with Gasteiger partial charge in [0.1, 0.15) is 0 Å². The van der Waals surface area contributed by atoms with Crippen LogP contribution in [0.1, 0.15) is 19.8 Å². The van der Waals surface area contributed by atoms with Crippen LogP contribution in [0.3, 0.4) is 0 Å². The maximum absolute atomic E-state index is 6.06. The molecule has 68 valence electrons. The fourth-order valence-electron chi connectivity index (χ4n) is 1.71. The van der Waals surface area contributed by atoms with Gasteiger partial charge in [-0.1, -0.05) is 18.2 Å². The topological polar surface area (TPSA) is 9.23 Å². The molecular weight excluding hydrogens is 164 g/mol. The van der Waals surface area contributed by atoms with E-state index >= 15 is 0 Å². The van der Waals surface area contributed by atoms with E-state index in [0.717, 1.165) is 6.42 Å². The summed E-state index contributed by atoms with van der Waals surface area (Å²) in [5.74, 6) is 0. The second-order valence-electron chi connectivity index (χ2n) is 3.99. The molecule has 2 atom stereocenters. The van der Waals surface area contributed by atoms with Gasteiger partial charge in [0, 0.05) is 0 Å². The van der Waals surface area contributed by atoms with Gasteiger partial charge in [0.15, 0.2) is 0 Å². The molecule has 1 aliphatic rings. The molecule has 0 radical (unpaired) electrons. The van der Waals surface area contributed by atoms with Gasteiger partial charge in [0.05, 0.1) is 5.60 Å². The van der Waals surface area contributed by atoms with E-state index < -0.39 is 8.32 Å². The number of rotatable bonds is 2. The van der Waals surface area contributed by atoms with Gasteiger partial charge < -0.3 is 4.43 Å². The fourth-order valence-corrected chi connectivity index (χ4v) is 4.23. The van der Waals surface area contributed by atoms with Crippen molar-refractivity contribution in [2.24, 2.45) is 0 Å². The Morgan fingerprint density at radius 3 is 2.67 bits per heavy atom. The smallest absolute Gasteiger partial charge is 0.214 e. The van der Waals surface area contributed by atoms with Gasteiger partial charge in [-0.2, -0.15) is 0 Å². The molecule has 2 unspecified atom stereocenters. The van der Waals surface area contributed by atoms with Crippen molar-refractivity contribution in [3.63, 3.8) is 0 Å². The standard InChI is InChI=1S/C10H18OSi/c1-5-10(3)8-7-9-12(4,6-2)11-10/h5-6H,1-2,7-9H2,3-4H3. The second-order valence-corrected chi connectivity index (χ2v) is 7.73. The second kappa shape index (κ2) is 3.19. The lowest BCUT2D eigenvalue weighted by molar-refractivity contribution is 0.104. The highest BCUT2D eigenvalue weighted by atomic mass is 28.4. The normalized spacial score (nSPS) is 42.2. The molecule has 1 fully saturated rings. The molecule has 1 nitrogen and oxygen atoms in total. The highest BCUT2D eigenvalue weighted by Gasteiger charge is 2.38. The average Bonchev–Trinajstić information content (AvgIpc) is 2.05. The summed E-state index contributed by atoms with van der Waals surface area (Å²) in [7, 11) is -1.57. The SMILES string of the molecule is C=CC1(C)CCC[Si](C)(C=C)O1. The Kier molecular flexibility index (Phi) is 2.59. The maximum atomic E-state index is 6.06. The summed E-state index contributed by atoms with van der Waals surface area (Å²) in [4.78, 5) is 0. The fraction of sp³-hybridized carbons (Fsp3) is 0.600. The van der Waals surface area contributed by atoms with Gasteiger partial charge in [0.2, 0.25) is 8.32 Å². The van der Waals surface area contributed by atoms with Crippen LogP contribution in [-0.2, 0) is 4.43 Å². The van der Waals surface area contributed by atoms with Gasteiger partial charge in [-0.3, -0.25) is 0 Å². The predicted octanol–water partition coefficient (Wildman–Crippen LogP) is 3.04. The van der Waals surface area contributed by atoms with Gasteiger partial charge in [-0.15, -0.1) is 13.2 Å². The van der Waals surface area contributed by atoms with Crippen molar-refractivity contribution in [3.05, 3.63) is 24.9 Å². The molecule has 0 bridgehead atoms. The largest absolute Gasteiger partial charge is 0.405 e. The van der Waals surface area contributed by atoms with E-state index in [1.54, 1.807) is 0 Å². The molecule has 0 spiro atoms. The predicted molar refractivity (Wildman–Crippen MR) is 55.5 cm³/mol. The van der Waals surface area contributed by atoms with E-state index in [1.165, 1.54) is 12.5 Å². The summed E-state index contributed by atoms with van der Waals surface area (Å²) in [6, 6.07) is 1.21. The lowest BCUT2D eigenvalue weighted by atomic mass is 10.0. The van der Waals surface area contributed by atoms with Crippen molar-refractivity contribution in [2.45, 2.75) is 38.0 Å². The summed E-state index contributed by atoms with van der Waals surface area (Å²) in [5.41, 5.74) is 1.95. The molecule has 1 saturated heterocycles. The van der Waals surface area contributed by atoms with Crippen LogP contribution in [0.25, 0.3) is 0 Å². The highest BCUT2D eigenvalue weighted by Crippen LogP contribution is 2.34. The maximum Gasteiger partial charge on any atom is 0.214 e. The minimum absolute atomic E-state index is 0.0899. The third-order valence-electron chi connectivity index (χ3n) is 2.68. The van der Waals surface area contributed by atoms with Crippen LogP contribution in [0, 0.1) is 0 Å². The first-order chi connectivity index (χ1) is 5.54. The zero-order chi connectivity index (χ0) is 9.24. The van der Waals surface area contributed by atoms with E-state index in [-0.39, 0.29) is 5.60 Å². The molecule has 1 rings (SSSR count). The number of hydrogen-bond acceptors (Lipinski definition) is 1. The van der Waals surface area contributed by atoms with Crippen molar-refractivity contribution in [3.8, 4) is 0 Å². The van der Waals surface area contributed by atoms with E-state index in [9.17, 15) is 0 Å². The molecule has 0 N–H and O–H groups in total. The Hall–Kier alpha value is -0.343. The first-order valence-corrected chi connectivity index (χ1v) is 7.20. The van der Waals surface area contributed by atoms with E-state index in [2.05, 4.69) is 26.6 Å².